The number of rotatable bonds is 6. The van der Waals surface area contributed by atoms with Gasteiger partial charge in [0, 0.05) is 5.56 Å². The Morgan fingerprint density at radius 3 is 2.57 bits per heavy atom. The molecule has 1 aliphatic rings. The van der Waals surface area contributed by atoms with Crippen molar-refractivity contribution in [3.8, 4) is 0 Å². The van der Waals surface area contributed by atoms with E-state index >= 15 is 0 Å². The summed E-state index contributed by atoms with van der Waals surface area (Å²) < 4.78 is 0. The maximum absolute atomic E-state index is 12.3. The van der Waals surface area contributed by atoms with E-state index in [0.29, 0.717) is 11.5 Å². The maximum Gasteiger partial charge on any atom is 0.251 e. The van der Waals surface area contributed by atoms with Crippen molar-refractivity contribution in [3.05, 3.63) is 48.6 Å². The van der Waals surface area contributed by atoms with E-state index in [0.717, 1.165) is 6.42 Å². The van der Waals surface area contributed by atoms with E-state index in [1.165, 1.54) is 38.2 Å². The van der Waals surface area contributed by atoms with Crippen LogP contribution in [0.15, 0.2) is 43.0 Å². The Kier molecular flexibility index (Phi) is 6.00. The van der Waals surface area contributed by atoms with Gasteiger partial charge in [-0.2, -0.15) is 0 Å². The molecule has 114 valence electrons. The summed E-state index contributed by atoms with van der Waals surface area (Å²) >= 11 is 0. The molecule has 0 saturated heterocycles. The topological polar surface area (TPSA) is 49.3 Å². The second kappa shape index (κ2) is 7.99. The average molecular weight is 287 g/mol. The van der Waals surface area contributed by atoms with Crippen molar-refractivity contribution in [2.75, 3.05) is 0 Å². The van der Waals surface area contributed by atoms with E-state index in [9.17, 15) is 9.90 Å². The van der Waals surface area contributed by atoms with Crippen LogP contribution in [0.4, 0.5) is 0 Å². The number of carbonyl (C=O) groups is 1. The Morgan fingerprint density at radius 1 is 1.29 bits per heavy atom. The number of amides is 1. The molecule has 1 aliphatic carbocycles. The number of aliphatic hydroxyl groups is 1. The van der Waals surface area contributed by atoms with Crippen LogP contribution in [0.1, 0.15) is 48.9 Å². The molecule has 2 atom stereocenters. The summed E-state index contributed by atoms with van der Waals surface area (Å²) in [5, 5.41) is 13.1. The van der Waals surface area contributed by atoms with E-state index in [2.05, 4.69) is 11.9 Å². The van der Waals surface area contributed by atoms with Gasteiger partial charge in [0.1, 0.15) is 0 Å². The van der Waals surface area contributed by atoms with E-state index < -0.39 is 6.10 Å². The molecule has 0 aliphatic heterocycles. The van der Waals surface area contributed by atoms with Crippen LogP contribution < -0.4 is 5.32 Å². The molecule has 0 radical (unpaired) electrons. The molecular formula is C18H25NO2. The standard InChI is InChI=1S/C18H25NO2/c1-2-17(20)16(13-14-9-5-3-6-10-14)19-18(21)15-11-7-4-8-12-15/h2,4,7-8,11-12,14,16-17,20H,1,3,5-6,9-10,13H2,(H,19,21)/t16-,17-/m0/s1. The van der Waals surface area contributed by atoms with Crippen LogP contribution in [0.5, 0.6) is 0 Å². The second-order valence-corrected chi connectivity index (χ2v) is 5.91. The molecule has 1 aromatic rings. The molecule has 0 unspecified atom stereocenters. The predicted octanol–water partition coefficient (Wildman–Crippen LogP) is 3.30. The van der Waals surface area contributed by atoms with Gasteiger partial charge in [0.15, 0.2) is 0 Å². The second-order valence-electron chi connectivity index (χ2n) is 5.91. The fourth-order valence-corrected chi connectivity index (χ4v) is 3.07. The number of aliphatic hydroxyl groups excluding tert-OH is 1. The first kappa shape index (κ1) is 15.8. The van der Waals surface area contributed by atoms with Crippen molar-refractivity contribution >= 4 is 5.91 Å². The zero-order valence-electron chi connectivity index (χ0n) is 12.5. The van der Waals surface area contributed by atoms with E-state index in [1.54, 1.807) is 12.1 Å². The summed E-state index contributed by atoms with van der Waals surface area (Å²) in [6.07, 6.45) is 7.86. The molecule has 0 heterocycles. The number of carbonyl (C=O) groups excluding carboxylic acids is 1. The average Bonchev–Trinajstić information content (AvgIpc) is 2.55. The van der Waals surface area contributed by atoms with Gasteiger partial charge in [-0.05, 0) is 24.5 Å². The molecule has 0 bridgehead atoms. The first-order valence-electron chi connectivity index (χ1n) is 7.87. The minimum atomic E-state index is -0.695. The highest BCUT2D eigenvalue weighted by atomic mass is 16.3. The molecular weight excluding hydrogens is 262 g/mol. The molecule has 21 heavy (non-hydrogen) atoms. The van der Waals surface area contributed by atoms with Crippen molar-refractivity contribution < 1.29 is 9.90 Å². The molecule has 3 heteroatoms. The number of hydrogen-bond donors (Lipinski definition) is 2. The Hall–Kier alpha value is -1.61. The summed E-state index contributed by atoms with van der Waals surface area (Å²) in [5.41, 5.74) is 0.627. The minimum absolute atomic E-state index is 0.127. The zero-order chi connectivity index (χ0) is 15.1. The van der Waals surface area contributed by atoms with Gasteiger partial charge in [0.2, 0.25) is 0 Å². The van der Waals surface area contributed by atoms with Crippen LogP contribution in [0.25, 0.3) is 0 Å². The molecule has 1 amide bonds. The van der Waals surface area contributed by atoms with Crippen molar-refractivity contribution in [1.82, 2.24) is 5.32 Å². The fourth-order valence-electron chi connectivity index (χ4n) is 3.07. The Balaban J connectivity index is 1.98. The molecule has 1 saturated carbocycles. The van der Waals surface area contributed by atoms with Crippen LogP contribution >= 0.6 is 0 Å². The van der Waals surface area contributed by atoms with Crippen molar-refractivity contribution in [1.29, 1.82) is 0 Å². The molecule has 3 nitrogen and oxygen atoms in total. The summed E-state index contributed by atoms with van der Waals surface area (Å²) in [6.45, 7) is 3.65. The van der Waals surface area contributed by atoms with Crippen LogP contribution in [-0.2, 0) is 0 Å². The quantitative estimate of drug-likeness (QED) is 0.789. The number of hydrogen-bond acceptors (Lipinski definition) is 2. The molecule has 0 aromatic heterocycles. The Labute approximate surface area is 127 Å². The summed E-state index contributed by atoms with van der Waals surface area (Å²) in [5.74, 6) is 0.465. The third-order valence-electron chi connectivity index (χ3n) is 4.32. The molecule has 1 aromatic carbocycles. The van der Waals surface area contributed by atoms with E-state index in [-0.39, 0.29) is 11.9 Å². The lowest BCUT2D eigenvalue weighted by Gasteiger charge is -2.29. The number of benzene rings is 1. The first-order chi connectivity index (χ1) is 10.2. The lowest BCUT2D eigenvalue weighted by Crippen LogP contribution is -2.44. The summed E-state index contributed by atoms with van der Waals surface area (Å²) in [4.78, 5) is 12.3. The van der Waals surface area contributed by atoms with Crippen molar-refractivity contribution in [3.63, 3.8) is 0 Å². The van der Waals surface area contributed by atoms with Gasteiger partial charge < -0.3 is 10.4 Å². The predicted molar refractivity (Wildman–Crippen MR) is 85.1 cm³/mol. The van der Waals surface area contributed by atoms with Gasteiger partial charge in [-0.15, -0.1) is 6.58 Å². The molecule has 1 fully saturated rings. The highest BCUT2D eigenvalue weighted by Gasteiger charge is 2.24. The summed E-state index contributed by atoms with van der Waals surface area (Å²) in [6, 6.07) is 8.89. The third-order valence-corrected chi connectivity index (χ3v) is 4.32. The lowest BCUT2D eigenvalue weighted by molar-refractivity contribution is 0.0856. The van der Waals surface area contributed by atoms with Crippen LogP contribution in [0, 0.1) is 5.92 Å². The molecule has 2 N–H and O–H groups in total. The van der Waals surface area contributed by atoms with Gasteiger partial charge in [-0.25, -0.2) is 0 Å². The highest BCUT2D eigenvalue weighted by molar-refractivity contribution is 5.94. The smallest absolute Gasteiger partial charge is 0.251 e. The highest BCUT2D eigenvalue weighted by Crippen LogP contribution is 2.28. The first-order valence-corrected chi connectivity index (χ1v) is 7.87. The molecule has 2 rings (SSSR count). The SMILES string of the molecule is C=C[C@H](O)[C@H](CC1CCCCC1)NC(=O)c1ccccc1. The Bertz CT molecular complexity index is 452. The zero-order valence-corrected chi connectivity index (χ0v) is 12.5. The van der Waals surface area contributed by atoms with Crippen LogP contribution in [0.2, 0.25) is 0 Å². The fraction of sp³-hybridized carbons (Fsp3) is 0.500. The van der Waals surface area contributed by atoms with Gasteiger partial charge in [-0.3, -0.25) is 4.79 Å². The van der Waals surface area contributed by atoms with Crippen LogP contribution in [-0.4, -0.2) is 23.2 Å². The van der Waals surface area contributed by atoms with Crippen molar-refractivity contribution in [2.24, 2.45) is 5.92 Å². The third kappa shape index (κ3) is 4.71. The maximum atomic E-state index is 12.3. The van der Waals surface area contributed by atoms with Crippen LogP contribution in [0.3, 0.4) is 0 Å². The monoisotopic (exact) mass is 287 g/mol. The summed E-state index contributed by atoms with van der Waals surface area (Å²) in [7, 11) is 0. The van der Waals surface area contributed by atoms with E-state index in [4.69, 9.17) is 0 Å². The van der Waals surface area contributed by atoms with Gasteiger partial charge in [0.25, 0.3) is 5.91 Å². The minimum Gasteiger partial charge on any atom is -0.387 e. The van der Waals surface area contributed by atoms with E-state index in [1.807, 2.05) is 18.2 Å². The van der Waals surface area contributed by atoms with Gasteiger partial charge in [-0.1, -0.05) is 56.4 Å². The molecule has 0 spiro atoms. The lowest BCUT2D eigenvalue weighted by atomic mass is 9.83. The van der Waals surface area contributed by atoms with Gasteiger partial charge in [0.05, 0.1) is 12.1 Å². The normalized spacial score (nSPS) is 18.7. The van der Waals surface area contributed by atoms with Crippen molar-refractivity contribution in [2.45, 2.75) is 50.7 Å². The number of nitrogens with one attached hydrogen (secondary N) is 1. The largest absolute Gasteiger partial charge is 0.387 e. The Morgan fingerprint density at radius 2 is 1.95 bits per heavy atom. The van der Waals surface area contributed by atoms with Gasteiger partial charge >= 0.3 is 0 Å².